The van der Waals surface area contributed by atoms with Crippen LogP contribution in [-0.2, 0) is 22.5 Å². The minimum absolute atomic E-state index is 0.111. The Hall–Kier alpha value is -3.13. The zero-order chi connectivity index (χ0) is 27.2. The minimum atomic E-state index is -0.288. The summed E-state index contributed by atoms with van der Waals surface area (Å²) in [6, 6.07) is 9.86. The maximum Gasteiger partial charge on any atom is 0.270 e. The number of hydrogen-bond acceptors (Lipinski definition) is 8. The van der Waals surface area contributed by atoms with Crippen molar-refractivity contribution in [3.8, 4) is 11.8 Å². The number of amides is 1. The number of hydrogen-bond donors (Lipinski definition) is 0. The number of methoxy groups -OCH3 is 1. The molecule has 0 saturated carbocycles. The molecule has 0 bridgehead atoms. The summed E-state index contributed by atoms with van der Waals surface area (Å²) in [7, 11) is 1.63. The summed E-state index contributed by atoms with van der Waals surface area (Å²) in [6.45, 7) is 7.16. The fourth-order valence-corrected chi connectivity index (χ4v) is 5.93. The van der Waals surface area contributed by atoms with Crippen molar-refractivity contribution in [2.75, 3.05) is 44.9 Å². The number of thioether (sulfide) groups is 1. The van der Waals surface area contributed by atoms with Gasteiger partial charge >= 0.3 is 0 Å². The second kappa shape index (κ2) is 12.6. The number of ether oxygens (including phenoxy) is 2. The van der Waals surface area contributed by atoms with E-state index in [2.05, 4.69) is 17.9 Å². The number of morpholine rings is 1. The number of unbranched alkanes of at least 4 members (excludes halogenated alkanes) is 1. The van der Waals surface area contributed by atoms with Gasteiger partial charge in [0.15, 0.2) is 0 Å². The highest BCUT2D eigenvalue weighted by Crippen LogP contribution is 2.36. The van der Waals surface area contributed by atoms with Crippen LogP contribution in [0, 0.1) is 18.3 Å². The number of carbonyl (C=O) groups is 1. The van der Waals surface area contributed by atoms with Crippen molar-refractivity contribution in [3.05, 3.63) is 61.8 Å². The van der Waals surface area contributed by atoms with E-state index in [0.29, 0.717) is 60.6 Å². The Balaban J connectivity index is 1.71. The first-order chi connectivity index (χ1) is 18.4. The molecule has 2 saturated heterocycles. The van der Waals surface area contributed by atoms with Gasteiger partial charge in [0.2, 0.25) is 0 Å². The SMILES string of the molecule is CCCCn1c(N2CCOCC2)c(C=C2SC(=S)N(CCc3ccc(OC)cc3)C2=O)c(C)c(C#N)c1=O. The molecule has 3 heterocycles. The lowest BCUT2D eigenvalue weighted by Crippen LogP contribution is -2.41. The molecule has 38 heavy (non-hydrogen) atoms. The van der Waals surface area contributed by atoms with Crippen LogP contribution in [0.25, 0.3) is 6.08 Å². The topological polar surface area (TPSA) is 87.8 Å². The van der Waals surface area contributed by atoms with Gasteiger partial charge in [-0.15, -0.1) is 0 Å². The van der Waals surface area contributed by atoms with Gasteiger partial charge in [0.25, 0.3) is 11.5 Å². The number of rotatable bonds is 9. The molecule has 10 heteroatoms. The van der Waals surface area contributed by atoms with Crippen molar-refractivity contribution in [2.45, 2.75) is 39.7 Å². The van der Waals surface area contributed by atoms with Crippen molar-refractivity contribution in [1.82, 2.24) is 9.47 Å². The molecule has 0 atom stereocenters. The fraction of sp³-hybridized carbons (Fsp3) is 0.429. The van der Waals surface area contributed by atoms with Gasteiger partial charge in [-0.3, -0.25) is 19.1 Å². The lowest BCUT2D eigenvalue weighted by Gasteiger charge is -2.33. The van der Waals surface area contributed by atoms with E-state index in [1.165, 1.54) is 11.8 Å². The zero-order valence-corrected chi connectivity index (χ0v) is 23.6. The largest absolute Gasteiger partial charge is 0.497 e. The molecule has 0 aliphatic carbocycles. The highest BCUT2D eigenvalue weighted by molar-refractivity contribution is 8.26. The van der Waals surface area contributed by atoms with Crippen LogP contribution in [0.1, 0.15) is 42.0 Å². The molecule has 1 amide bonds. The average molecular weight is 553 g/mol. The van der Waals surface area contributed by atoms with Crippen molar-refractivity contribution >= 4 is 46.1 Å². The summed E-state index contributed by atoms with van der Waals surface area (Å²) in [5, 5.41) is 9.86. The van der Waals surface area contributed by atoms with E-state index < -0.39 is 0 Å². The van der Waals surface area contributed by atoms with E-state index in [-0.39, 0.29) is 17.0 Å². The first-order valence-corrected chi connectivity index (χ1v) is 14.0. The number of thiocarbonyl (C=S) groups is 1. The standard InChI is InChI=1S/C28H32N4O4S2/c1-4-5-11-31-25(30-13-15-36-16-14-30)22(19(2)23(18-29)26(31)33)17-24-27(34)32(28(37)38-24)12-10-20-6-8-21(35-3)9-7-20/h6-9,17H,4-5,10-16H2,1-3H3. The van der Waals surface area contributed by atoms with Crippen LogP contribution in [0.2, 0.25) is 0 Å². The number of carbonyl (C=O) groups excluding carboxylic acids is 1. The highest BCUT2D eigenvalue weighted by Gasteiger charge is 2.33. The van der Waals surface area contributed by atoms with Crippen LogP contribution >= 0.6 is 24.0 Å². The summed E-state index contributed by atoms with van der Waals surface area (Å²) >= 11 is 6.84. The van der Waals surface area contributed by atoms with Crippen LogP contribution < -0.4 is 15.2 Å². The van der Waals surface area contributed by atoms with Gasteiger partial charge in [0.1, 0.15) is 27.5 Å². The number of anilines is 1. The molecule has 0 N–H and O–H groups in total. The predicted molar refractivity (Wildman–Crippen MR) is 155 cm³/mol. The number of benzene rings is 1. The Morgan fingerprint density at radius 3 is 2.53 bits per heavy atom. The molecular formula is C28H32N4O4S2. The van der Waals surface area contributed by atoms with E-state index in [1.807, 2.05) is 30.3 Å². The monoisotopic (exact) mass is 552 g/mol. The molecule has 2 aliphatic heterocycles. The summed E-state index contributed by atoms with van der Waals surface area (Å²) in [5.41, 5.74) is 2.20. The van der Waals surface area contributed by atoms with Crippen molar-refractivity contribution < 1.29 is 14.3 Å². The van der Waals surface area contributed by atoms with Gasteiger partial charge in [0, 0.05) is 31.7 Å². The summed E-state index contributed by atoms with van der Waals surface area (Å²) in [6.07, 6.45) is 4.18. The van der Waals surface area contributed by atoms with Crippen LogP contribution in [0.3, 0.4) is 0 Å². The fourth-order valence-electron chi connectivity index (χ4n) is 4.64. The molecule has 0 radical (unpaired) electrons. The van der Waals surface area contributed by atoms with Gasteiger partial charge in [-0.05, 0) is 49.1 Å². The number of nitriles is 1. The van der Waals surface area contributed by atoms with Gasteiger partial charge in [0.05, 0.1) is 25.2 Å². The van der Waals surface area contributed by atoms with Gasteiger partial charge in [-0.1, -0.05) is 49.5 Å². The third-order valence-electron chi connectivity index (χ3n) is 6.82. The van der Waals surface area contributed by atoms with E-state index >= 15 is 0 Å². The maximum absolute atomic E-state index is 13.5. The summed E-state index contributed by atoms with van der Waals surface area (Å²) < 4.78 is 13.0. The first-order valence-electron chi connectivity index (χ1n) is 12.8. The molecule has 200 valence electrons. The van der Waals surface area contributed by atoms with Crippen molar-refractivity contribution in [3.63, 3.8) is 0 Å². The number of aromatic nitrogens is 1. The van der Waals surface area contributed by atoms with Crippen LogP contribution in [0.15, 0.2) is 34.0 Å². The lowest BCUT2D eigenvalue weighted by atomic mass is 10.0. The first kappa shape index (κ1) is 27.9. The molecule has 2 aliphatic rings. The van der Waals surface area contributed by atoms with Crippen LogP contribution in [0.5, 0.6) is 5.75 Å². The molecule has 1 aromatic heterocycles. The maximum atomic E-state index is 13.5. The van der Waals surface area contributed by atoms with Gasteiger partial charge in [-0.2, -0.15) is 5.26 Å². The quantitative estimate of drug-likeness (QED) is 0.339. The highest BCUT2D eigenvalue weighted by atomic mass is 32.2. The van der Waals surface area contributed by atoms with Gasteiger partial charge < -0.3 is 14.4 Å². The third-order valence-corrected chi connectivity index (χ3v) is 8.20. The molecule has 2 fully saturated rings. The molecule has 0 spiro atoms. The average Bonchev–Trinajstić information content (AvgIpc) is 3.20. The number of nitrogens with zero attached hydrogens (tertiary/aromatic N) is 4. The van der Waals surface area contributed by atoms with Crippen molar-refractivity contribution in [1.29, 1.82) is 5.26 Å². The Kier molecular flexibility index (Phi) is 9.26. The van der Waals surface area contributed by atoms with Crippen LogP contribution in [-0.4, -0.2) is 59.7 Å². The van der Waals surface area contributed by atoms with E-state index in [1.54, 1.807) is 23.5 Å². The second-order valence-corrected chi connectivity index (χ2v) is 10.9. The predicted octanol–water partition coefficient (Wildman–Crippen LogP) is 4.12. The molecular weight excluding hydrogens is 520 g/mol. The van der Waals surface area contributed by atoms with Crippen molar-refractivity contribution in [2.24, 2.45) is 0 Å². The Labute approximate surface area is 232 Å². The second-order valence-electron chi connectivity index (χ2n) is 9.19. The van der Waals surface area contributed by atoms with E-state index in [4.69, 9.17) is 21.7 Å². The molecule has 8 nitrogen and oxygen atoms in total. The smallest absolute Gasteiger partial charge is 0.270 e. The normalized spacial score (nSPS) is 16.8. The number of pyridine rings is 1. The molecule has 4 rings (SSSR count). The molecule has 1 aromatic carbocycles. The minimum Gasteiger partial charge on any atom is -0.497 e. The van der Waals surface area contributed by atoms with E-state index in [9.17, 15) is 14.9 Å². The Bertz CT molecular complexity index is 1340. The molecule has 0 unspecified atom stereocenters. The summed E-state index contributed by atoms with van der Waals surface area (Å²) in [5.74, 6) is 1.36. The van der Waals surface area contributed by atoms with Crippen LogP contribution in [0.4, 0.5) is 5.82 Å². The van der Waals surface area contributed by atoms with E-state index in [0.717, 1.165) is 35.5 Å². The lowest BCUT2D eigenvalue weighted by molar-refractivity contribution is -0.122. The zero-order valence-electron chi connectivity index (χ0n) is 22.0. The third kappa shape index (κ3) is 5.80. The Morgan fingerprint density at radius 1 is 1.18 bits per heavy atom. The molecule has 2 aromatic rings. The Morgan fingerprint density at radius 2 is 1.89 bits per heavy atom. The van der Waals surface area contributed by atoms with Gasteiger partial charge in [-0.25, -0.2) is 0 Å². The summed E-state index contributed by atoms with van der Waals surface area (Å²) in [4.78, 5) is 31.1.